The number of H-pyrrole nitrogens is 1. The Morgan fingerprint density at radius 1 is 1.33 bits per heavy atom. The molecule has 0 aliphatic rings. The van der Waals surface area contributed by atoms with Crippen LogP contribution in [0.4, 0.5) is 0 Å². The highest BCUT2D eigenvalue weighted by Gasteiger charge is 2.04. The normalized spacial score (nSPS) is 13.2. The molecule has 1 unspecified atom stereocenters. The molecular formula is C13H18N2. The number of para-hydroxylation sites is 1. The Bertz CT molecular complexity index is 431. The average molecular weight is 202 g/mol. The predicted molar refractivity (Wildman–Crippen MR) is 64.8 cm³/mol. The summed E-state index contributed by atoms with van der Waals surface area (Å²) < 4.78 is 0. The van der Waals surface area contributed by atoms with E-state index in [0.717, 1.165) is 13.0 Å². The summed E-state index contributed by atoms with van der Waals surface area (Å²) >= 11 is 0. The van der Waals surface area contributed by atoms with Crippen LogP contribution in [0.1, 0.15) is 18.9 Å². The first-order chi connectivity index (χ1) is 7.31. The van der Waals surface area contributed by atoms with Gasteiger partial charge in [-0.1, -0.05) is 25.1 Å². The van der Waals surface area contributed by atoms with Gasteiger partial charge in [-0.3, -0.25) is 0 Å². The van der Waals surface area contributed by atoms with E-state index in [9.17, 15) is 0 Å². The van der Waals surface area contributed by atoms with Crippen LogP contribution in [0.2, 0.25) is 0 Å². The molecule has 2 aromatic rings. The summed E-state index contributed by atoms with van der Waals surface area (Å²) in [4.78, 5) is 3.30. The van der Waals surface area contributed by atoms with Gasteiger partial charge in [0, 0.05) is 17.1 Å². The van der Waals surface area contributed by atoms with Crippen molar-refractivity contribution in [2.45, 2.75) is 19.8 Å². The highest BCUT2D eigenvalue weighted by atomic mass is 14.7. The number of nitrogens with two attached hydrogens (primary N) is 1. The maximum absolute atomic E-state index is 5.62. The molecule has 2 nitrogen and oxygen atoms in total. The molecular weight excluding hydrogens is 184 g/mol. The molecule has 15 heavy (non-hydrogen) atoms. The van der Waals surface area contributed by atoms with E-state index in [4.69, 9.17) is 5.73 Å². The number of fused-ring (bicyclic) bond motifs is 1. The fourth-order valence-corrected chi connectivity index (χ4v) is 1.86. The van der Waals surface area contributed by atoms with Crippen LogP contribution in [0.15, 0.2) is 30.5 Å². The topological polar surface area (TPSA) is 41.8 Å². The molecule has 0 aliphatic carbocycles. The molecule has 1 aromatic heterocycles. The van der Waals surface area contributed by atoms with E-state index in [1.54, 1.807) is 0 Å². The van der Waals surface area contributed by atoms with Gasteiger partial charge in [-0.15, -0.1) is 0 Å². The molecule has 0 radical (unpaired) electrons. The maximum atomic E-state index is 5.62. The Morgan fingerprint density at radius 2 is 2.13 bits per heavy atom. The van der Waals surface area contributed by atoms with Crippen LogP contribution < -0.4 is 5.73 Å². The number of hydrogen-bond acceptors (Lipinski definition) is 1. The van der Waals surface area contributed by atoms with Crippen LogP contribution in [-0.4, -0.2) is 11.5 Å². The molecule has 1 aromatic carbocycles. The van der Waals surface area contributed by atoms with Crippen molar-refractivity contribution < 1.29 is 0 Å². The van der Waals surface area contributed by atoms with Gasteiger partial charge < -0.3 is 10.7 Å². The van der Waals surface area contributed by atoms with E-state index in [2.05, 4.69) is 42.4 Å². The smallest absolute Gasteiger partial charge is 0.0456 e. The fourth-order valence-electron chi connectivity index (χ4n) is 1.86. The third-order valence-electron chi connectivity index (χ3n) is 2.98. The Morgan fingerprint density at radius 3 is 2.93 bits per heavy atom. The van der Waals surface area contributed by atoms with Gasteiger partial charge in [0.2, 0.25) is 0 Å². The lowest BCUT2D eigenvalue weighted by Crippen LogP contribution is -2.11. The maximum Gasteiger partial charge on any atom is 0.0456 e. The molecule has 0 bridgehead atoms. The molecule has 0 saturated carbocycles. The Balaban J connectivity index is 2.14. The predicted octanol–water partition coefficient (Wildman–Crippen LogP) is 2.70. The van der Waals surface area contributed by atoms with Crippen molar-refractivity contribution in [1.29, 1.82) is 0 Å². The van der Waals surface area contributed by atoms with Crippen LogP contribution in [0.25, 0.3) is 10.9 Å². The monoisotopic (exact) mass is 202 g/mol. The van der Waals surface area contributed by atoms with Gasteiger partial charge in [-0.05, 0) is 36.9 Å². The third-order valence-corrected chi connectivity index (χ3v) is 2.98. The van der Waals surface area contributed by atoms with Gasteiger partial charge in [-0.2, -0.15) is 0 Å². The summed E-state index contributed by atoms with van der Waals surface area (Å²) in [6.45, 7) is 2.98. The summed E-state index contributed by atoms with van der Waals surface area (Å²) in [7, 11) is 0. The van der Waals surface area contributed by atoms with Crippen molar-refractivity contribution in [2.24, 2.45) is 11.7 Å². The number of hydrogen-bond donors (Lipinski definition) is 2. The number of aromatic amines is 1. The van der Waals surface area contributed by atoms with E-state index in [1.165, 1.54) is 22.9 Å². The Kier molecular flexibility index (Phi) is 3.07. The second-order valence-corrected chi connectivity index (χ2v) is 4.24. The minimum atomic E-state index is 0.610. The van der Waals surface area contributed by atoms with Crippen molar-refractivity contribution in [1.82, 2.24) is 4.98 Å². The minimum Gasteiger partial charge on any atom is -0.361 e. The summed E-state index contributed by atoms with van der Waals surface area (Å²) in [5, 5.41) is 1.35. The standard InChI is InChI=1S/C13H18N2/c1-10(8-14)6-7-11-9-15-13-5-3-2-4-12(11)13/h2-5,9-10,15H,6-8,14H2,1H3. The summed E-state index contributed by atoms with van der Waals surface area (Å²) in [5.74, 6) is 0.610. The minimum absolute atomic E-state index is 0.610. The van der Waals surface area contributed by atoms with E-state index in [1.807, 2.05) is 0 Å². The zero-order chi connectivity index (χ0) is 10.7. The van der Waals surface area contributed by atoms with Gasteiger partial charge in [0.15, 0.2) is 0 Å². The number of aryl methyl sites for hydroxylation is 1. The molecule has 0 fully saturated rings. The van der Waals surface area contributed by atoms with E-state index < -0.39 is 0 Å². The van der Waals surface area contributed by atoms with Crippen LogP contribution in [0.5, 0.6) is 0 Å². The van der Waals surface area contributed by atoms with E-state index in [-0.39, 0.29) is 0 Å². The Labute approximate surface area is 90.5 Å². The van der Waals surface area contributed by atoms with Crippen LogP contribution in [0, 0.1) is 5.92 Å². The fraction of sp³-hybridized carbons (Fsp3) is 0.385. The molecule has 2 heteroatoms. The van der Waals surface area contributed by atoms with Gasteiger partial charge >= 0.3 is 0 Å². The van der Waals surface area contributed by atoms with Gasteiger partial charge in [-0.25, -0.2) is 0 Å². The zero-order valence-corrected chi connectivity index (χ0v) is 9.16. The molecule has 0 amide bonds. The Hall–Kier alpha value is -1.28. The highest BCUT2D eigenvalue weighted by molar-refractivity contribution is 5.82. The molecule has 80 valence electrons. The molecule has 1 heterocycles. The molecule has 0 spiro atoms. The van der Waals surface area contributed by atoms with Crippen LogP contribution in [0.3, 0.4) is 0 Å². The van der Waals surface area contributed by atoms with Crippen molar-refractivity contribution in [2.75, 3.05) is 6.54 Å². The number of nitrogens with one attached hydrogen (secondary N) is 1. The van der Waals surface area contributed by atoms with Crippen LogP contribution in [-0.2, 0) is 6.42 Å². The first-order valence-electron chi connectivity index (χ1n) is 5.56. The number of rotatable bonds is 4. The summed E-state index contributed by atoms with van der Waals surface area (Å²) in [6, 6.07) is 8.44. The van der Waals surface area contributed by atoms with Crippen LogP contribution >= 0.6 is 0 Å². The first kappa shape index (κ1) is 10.2. The zero-order valence-electron chi connectivity index (χ0n) is 9.16. The lowest BCUT2D eigenvalue weighted by molar-refractivity contribution is 0.545. The lowest BCUT2D eigenvalue weighted by atomic mass is 10.0. The lowest BCUT2D eigenvalue weighted by Gasteiger charge is -2.06. The van der Waals surface area contributed by atoms with Crippen molar-refractivity contribution in [3.63, 3.8) is 0 Å². The SMILES string of the molecule is CC(CN)CCc1c[nH]c2ccccc12. The van der Waals surface area contributed by atoms with Gasteiger partial charge in [0.25, 0.3) is 0 Å². The molecule has 0 aliphatic heterocycles. The van der Waals surface area contributed by atoms with Gasteiger partial charge in [0.05, 0.1) is 0 Å². The first-order valence-corrected chi connectivity index (χ1v) is 5.56. The second kappa shape index (κ2) is 4.49. The quantitative estimate of drug-likeness (QED) is 0.786. The summed E-state index contributed by atoms with van der Waals surface area (Å²) in [6.07, 6.45) is 4.40. The van der Waals surface area contributed by atoms with Crippen molar-refractivity contribution in [3.05, 3.63) is 36.0 Å². The average Bonchev–Trinajstić information content (AvgIpc) is 2.69. The number of benzene rings is 1. The highest BCUT2D eigenvalue weighted by Crippen LogP contribution is 2.20. The number of aromatic nitrogens is 1. The second-order valence-electron chi connectivity index (χ2n) is 4.24. The summed E-state index contributed by atoms with van der Waals surface area (Å²) in [5.41, 5.74) is 8.25. The van der Waals surface area contributed by atoms with Gasteiger partial charge in [0.1, 0.15) is 0 Å². The molecule has 3 N–H and O–H groups in total. The van der Waals surface area contributed by atoms with Crippen molar-refractivity contribution >= 4 is 10.9 Å². The van der Waals surface area contributed by atoms with Crippen molar-refractivity contribution in [3.8, 4) is 0 Å². The largest absolute Gasteiger partial charge is 0.361 e. The molecule has 0 saturated heterocycles. The van der Waals surface area contributed by atoms with E-state index in [0.29, 0.717) is 5.92 Å². The molecule has 2 rings (SSSR count). The van der Waals surface area contributed by atoms with E-state index >= 15 is 0 Å². The molecule has 1 atom stereocenters. The third kappa shape index (κ3) is 2.21.